The van der Waals surface area contributed by atoms with E-state index in [4.69, 9.17) is 5.11 Å². The van der Waals surface area contributed by atoms with Crippen molar-refractivity contribution in [2.75, 3.05) is 18.8 Å². The fraction of sp³-hybridized carbons (Fsp3) is 0.889. The van der Waals surface area contributed by atoms with Gasteiger partial charge in [-0.2, -0.15) is 0 Å². The maximum absolute atomic E-state index is 10.9. The number of thioether (sulfide) groups is 1. The van der Waals surface area contributed by atoms with Gasteiger partial charge in [0.25, 0.3) is 0 Å². The minimum Gasteiger partial charge on any atom is -0.480 e. The Kier molecular flexibility index (Phi) is 2.99. The lowest BCUT2D eigenvalue weighted by Crippen LogP contribution is -2.58. The number of carbonyl (C=O) groups is 1. The molecule has 1 spiro atoms. The van der Waals surface area contributed by atoms with Crippen LogP contribution in [0.25, 0.3) is 0 Å². The molecule has 14 heavy (non-hydrogen) atoms. The second-order valence-electron chi connectivity index (χ2n) is 3.92. The number of hydrogen-bond donors (Lipinski definition) is 3. The van der Waals surface area contributed by atoms with Gasteiger partial charge in [-0.3, -0.25) is 10.1 Å². The number of carboxylic acid groups (broad SMARTS) is 1. The molecule has 0 aromatic rings. The normalized spacial score (nSPS) is 31.6. The van der Waals surface area contributed by atoms with E-state index in [-0.39, 0.29) is 10.9 Å². The van der Waals surface area contributed by atoms with Gasteiger partial charge >= 0.3 is 5.97 Å². The van der Waals surface area contributed by atoms with Gasteiger partial charge in [0, 0.05) is 0 Å². The Labute approximate surface area is 87.8 Å². The molecule has 2 saturated heterocycles. The third-order valence-corrected chi connectivity index (χ3v) is 4.45. The third kappa shape index (κ3) is 2.04. The van der Waals surface area contributed by atoms with Crippen LogP contribution in [0.1, 0.15) is 19.3 Å². The van der Waals surface area contributed by atoms with Crippen molar-refractivity contribution >= 4 is 17.7 Å². The van der Waals surface area contributed by atoms with Crippen molar-refractivity contribution < 1.29 is 9.90 Å². The van der Waals surface area contributed by atoms with Gasteiger partial charge < -0.3 is 10.4 Å². The van der Waals surface area contributed by atoms with Gasteiger partial charge in [-0.25, -0.2) is 0 Å². The van der Waals surface area contributed by atoms with Crippen molar-refractivity contribution in [2.45, 2.75) is 30.2 Å². The predicted molar refractivity (Wildman–Crippen MR) is 56.5 cm³/mol. The highest BCUT2D eigenvalue weighted by Crippen LogP contribution is 2.36. The first kappa shape index (κ1) is 10.3. The van der Waals surface area contributed by atoms with Gasteiger partial charge in [-0.05, 0) is 38.1 Å². The van der Waals surface area contributed by atoms with E-state index < -0.39 is 5.97 Å². The smallest absolute Gasteiger partial charge is 0.320 e. The van der Waals surface area contributed by atoms with Crippen molar-refractivity contribution in [1.82, 2.24) is 10.6 Å². The zero-order valence-electron chi connectivity index (χ0n) is 8.08. The quantitative estimate of drug-likeness (QED) is 0.586. The first-order valence-electron chi connectivity index (χ1n) is 5.07. The molecular weight excluding hydrogens is 200 g/mol. The first-order valence-corrected chi connectivity index (χ1v) is 6.06. The van der Waals surface area contributed by atoms with Crippen molar-refractivity contribution in [1.29, 1.82) is 0 Å². The molecule has 0 saturated carbocycles. The van der Waals surface area contributed by atoms with E-state index in [2.05, 4.69) is 10.6 Å². The summed E-state index contributed by atoms with van der Waals surface area (Å²) in [5, 5.41) is 15.6. The minimum atomic E-state index is -0.705. The van der Waals surface area contributed by atoms with Gasteiger partial charge in [0.2, 0.25) is 0 Å². The molecule has 0 radical (unpaired) electrons. The summed E-state index contributed by atoms with van der Waals surface area (Å²) < 4.78 is 0. The SMILES string of the molecule is O=C(O)C1CCSC2(CCNCC2)N1. The molecule has 0 amide bonds. The van der Waals surface area contributed by atoms with E-state index in [0.717, 1.165) is 38.1 Å². The van der Waals surface area contributed by atoms with Gasteiger partial charge in [0.05, 0.1) is 4.87 Å². The molecule has 1 unspecified atom stereocenters. The van der Waals surface area contributed by atoms with E-state index in [1.807, 2.05) is 11.8 Å². The summed E-state index contributed by atoms with van der Waals surface area (Å²) in [4.78, 5) is 10.9. The number of nitrogens with one attached hydrogen (secondary N) is 2. The van der Waals surface area contributed by atoms with Crippen LogP contribution in [0.3, 0.4) is 0 Å². The van der Waals surface area contributed by atoms with Gasteiger partial charge in [-0.1, -0.05) is 0 Å². The molecular formula is C9H16N2O2S. The Balaban J connectivity index is 2.01. The molecule has 80 valence electrons. The average Bonchev–Trinajstić information content (AvgIpc) is 2.19. The van der Waals surface area contributed by atoms with Gasteiger partial charge in [0.15, 0.2) is 0 Å². The minimum absolute atomic E-state index is 0.0343. The van der Waals surface area contributed by atoms with Crippen molar-refractivity contribution in [2.24, 2.45) is 0 Å². The summed E-state index contributed by atoms with van der Waals surface area (Å²) in [7, 11) is 0. The largest absolute Gasteiger partial charge is 0.480 e. The van der Waals surface area contributed by atoms with Gasteiger partial charge in [-0.15, -0.1) is 11.8 Å². The van der Waals surface area contributed by atoms with Crippen LogP contribution in [0, 0.1) is 0 Å². The van der Waals surface area contributed by atoms with E-state index >= 15 is 0 Å². The molecule has 0 aliphatic carbocycles. The fourth-order valence-electron chi connectivity index (χ4n) is 2.11. The van der Waals surface area contributed by atoms with Crippen LogP contribution in [0.4, 0.5) is 0 Å². The van der Waals surface area contributed by atoms with Crippen LogP contribution in [-0.4, -0.2) is 40.8 Å². The zero-order valence-corrected chi connectivity index (χ0v) is 8.90. The highest BCUT2D eigenvalue weighted by molar-refractivity contribution is 8.00. The number of piperidine rings is 1. The fourth-order valence-corrected chi connectivity index (χ4v) is 3.57. The van der Waals surface area contributed by atoms with Crippen LogP contribution in [-0.2, 0) is 4.79 Å². The second kappa shape index (κ2) is 4.08. The lowest BCUT2D eigenvalue weighted by molar-refractivity contribution is -0.140. The highest BCUT2D eigenvalue weighted by atomic mass is 32.2. The van der Waals surface area contributed by atoms with Crippen molar-refractivity contribution in [3.63, 3.8) is 0 Å². The zero-order chi connectivity index (χ0) is 10.0. The molecule has 2 aliphatic rings. The van der Waals surface area contributed by atoms with Crippen LogP contribution >= 0.6 is 11.8 Å². The maximum Gasteiger partial charge on any atom is 0.320 e. The summed E-state index contributed by atoms with van der Waals surface area (Å²) in [6.45, 7) is 1.98. The lowest BCUT2D eigenvalue weighted by Gasteiger charge is -2.43. The van der Waals surface area contributed by atoms with E-state index in [9.17, 15) is 4.79 Å². The molecule has 1 atom stereocenters. The monoisotopic (exact) mass is 216 g/mol. The van der Waals surface area contributed by atoms with E-state index in [1.165, 1.54) is 0 Å². The maximum atomic E-state index is 10.9. The standard InChI is InChI=1S/C9H16N2O2S/c12-8(13)7-1-6-14-9(11-7)2-4-10-5-3-9/h7,10-11H,1-6H2,(H,12,13). The molecule has 0 aromatic carbocycles. The molecule has 2 heterocycles. The number of hydrogen-bond acceptors (Lipinski definition) is 4. The molecule has 0 bridgehead atoms. The molecule has 5 heteroatoms. The summed E-state index contributed by atoms with van der Waals surface area (Å²) >= 11 is 1.89. The van der Waals surface area contributed by atoms with Crippen LogP contribution in [0.2, 0.25) is 0 Å². The van der Waals surface area contributed by atoms with Crippen LogP contribution in [0.5, 0.6) is 0 Å². The summed E-state index contributed by atoms with van der Waals surface area (Å²) in [6.07, 6.45) is 2.80. The molecule has 0 aromatic heterocycles. The molecule has 3 N–H and O–H groups in total. The number of rotatable bonds is 1. The highest BCUT2D eigenvalue weighted by Gasteiger charge is 2.39. The number of aliphatic carboxylic acids is 1. The Morgan fingerprint density at radius 2 is 2.14 bits per heavy atom. The summed E-state index contributed by atoms with van der Waals surface area (Å²) in [5.41, 5.74) is 0. The second-order valence-corrected chi connectivity index (χ2v) is 5.39. The van der Waals surface area contributed by atoms with Crippen LogP contribution in [0.15, 0.2) is 0 Å². The van der Waals surface area contributed by atoms with E-state index in [0.29, 0.717) is 0 Å². The van der Waals surface area contributed by atoms with Crippen LogP contribution < -0.4 is 10.6 Å². The van der Waals surface area contributed by atoms with Crippen molar-refractivity contribution in [3.8, 4) is 0 Å². The third-order valence-electron chi connectivity index (χ3n) is 2.93. The Morgan fingerprint density at radius 1 is 1.43 bits per heavy atom. The first-order chi connectivity index (χ1) is 6.72. The molecule has 2 aliphatic heterocycles. The Morgan fingerprint density at radius 3 is 2.79 bits per heavy atom. The average molecular weight is 216 g/mol. The Bertz CT molecular complexity index is 223. The summed E-state index contributed by atoms with van der Waals surface area (Å²) in [6, 6.07) is -0.339. The molecule has 2 rings (SSSR count). The number of carboxylic acids is 1. The lowest BCUT2D eigenvalue weighted by atomic mass is 10.0. The topological polar surface area (TPSA) is 61.4 Å². The van der Waals surface area contributed by atoms with Gasteiger partial charge in [0.1, 0.15) is 6.04 Å². The molecule has 4 nitrogen and oxygen atoms in total. The van der Waals surface area contributed by atoms with E-state index in [1.54, 1.807) is 0 Å². The Hall–Kier alpha value is -0.260. The predicted octanol–water partition coefficient (Wildman–Crippen LogP) is 0.246. The summed E-state index contributed by atoms with van der Waals surface area (Å²) in [5.74, 6) is 0.257. The molecule has 2 fully saturated rings. The van der Waals surface area contributed by atoms with Crippen molar-refractivity contribution in [3.05, 3.63) is 0 Å².